The molecule has 138 valence electrons. The molecule has 3 N–H and O–H groups in total. The van der Waals surface area contributed by atoms with Crippen LogP contribution in [-0.4, -0.2) is 41.3 Å². The lowest BCUT2D eigenvalue weighted by molar-refractivity contribution is 0.415. The second-order valence-electron chi connectivity index (χ2n) is 5.80. The molecule has 8 heteroatoms. The quantitative estimate of drug-likeness (QED) is 0.338. The first kappa shape index (κ1) is 21.2. The van der Waals surface area contributed by atoms with E-state index in [9.17, 15) is 0 Å². The topological polar surface area (TPSA) is 87.2 Å². The van der Waals surface area contributed by atoms with Gasteiger partial charge < -0.3 is 15.4 Å². The molecule has 0 aliphatic heterocycles. The van der Waals surface area contributed by atoms with E-state index in [2.05, 4.69) is 44.7 Å². The summed E-state index contributed by atoms with van der Waals surface area (Å²) < 4.78 is 5.16. The SMILES string of the molecule is CCNC(=NCc1nc(-c2ccc(OC)cc2)n[nH]1)NCC(C)C.I. The number of benzene rings is 1. The van der Waals surface area contributed by atoms with E-state index in [1.165, 1.54) is 0 Å². The number of aliphatic imine (C=N–C) groups is 1. The summed E-state index contributed by atoms with van der Waals surface area (Å²) in [5.74, 6) is 3.53. The van der Waals surface area contributed by atoms with Crippen LogP contribution in [0.4, 0.5) is 0 Å². The smallest absolute Gasteiger partial charge is 0.191 e. The number of hydrogen-bond acceptors (Lipinski definition) is 4. The van der Waals surface area contributed by atoms with Gasteiger partial charge in [0.25, 0.3) is 0 Å². The van der Waals surface area contributed by atoms with Gasteiger partial charge in [0.1, 0.15) is 18.1 Å². The average Bonchev–Trinajstić information content (AvgIpc) is 3.06. The molecule has 0 atom stereocenters. The van der Waals surface area contributed by atoms with Crippen LogP contribution in [0.2, 0.25) is 0 Å². The third-order valence-corrected chi connectivity index (χ3v) is 3.29. The maximum absolute atomic E-state index is 5.16. The van der Waals surface area contributed by atoms with Crippen LogP contribution in [0.1, 0.15) is 26.6 Å². The van der Waals surface area contributed by atoms with Crippen molar-refractivity contribution in [1.29, 1.82) is 0 Å². The number of ether oxygens (including phenoxy) is 1. The fourth-order valence-corrected chi connectivity index (χ4v) is 2.03. The maximum Gasteiger partial charge on any atom is 0.191 e. The largest absolute Gasteiger partial charge is 0.497 e. The van der Waals surface area contributed by atoms with Crippen LogP contribution in [0.3, 0.4) is 0 Å². The molecule has 0 aliphatic carbocycles. The zero-order valence-corrected chi connectivity index (χ0v) is 17.5. The highest BCUT2D eigenvalue weighted by atomic mass is 127. The number of rotatable bonds is 7. The summed E-state index contributed by atoms with van der Waals surface area (Å²) in [6, 6.07) is 7.65. The minimum atomic E-state index is 0. The van der Waals surface area contributed by atoms with Crippen molar-refractivity contribution in [1.82, 2.24) is 25.8 Å². The zero-order chi connectivity index (χ0) is 17.4. The Labute approximate surface area is 166 Å². The van der Waals surface area contributed by atoms with Gasteiger partial charge in [0.2, 0.25) is 0 Å². The molecule has 0 amide bonds. The van der Waals surface area contributed by atoms with Gasteiger partial charge in [-0.05, 0) is 37.1 Å². The molecule has 0 saturated heterocycles. The molecule has 0 saturated carbocycles. The Hall–Kier alpha value is -1.84. The summed E-state index contributed by atoms with van der Waals surface area (Å²) in [7, 11) is 1.65. The highest BCUT2D eigenvalue weighted by molar-refractivity contribution is 14.0. The van der Waals surface area contributed by atoms with Crippen molar-refractivity contribution < 1.29 is 4.74 Å². The van der Waals surface area contributed by atoms with Crippen LogP contribution in [0.15, 0.2) is 29.3 Å². The van der Waals surface area contributed by atoms with E-state index in [-0.39, 0.29) is 24.0 Å². The molecule has 0 radical (unpaired) electrons. The van der Waals surface area contributed by atoms with Crippen molar-refractivity contribution in [2.24, 2.45) is 10.9 Å². The molecule has 25 heavy (non-hydrogen) atoms. The Morgan fingerprint density at radius 1 is 1.24 bits per heavy atom. The lowest BCUT2D eigenvalue weighted by atomic mass is 10.2. The standard InChI is InChI=1S/C17H26N6O.HI/c1-5-18-17(19-10-12(2)3)20-11-15-21-16(23-22-15)13-6-8-14(24-4)9-7-13;/h6-9,12H,5,10-11H2,1-4H3,(H2,18,19,20)(H,21,22,23);1H. The number of nitrogens with one attached hydrogen (secondary N) is 3. The number of aromatic amines is 1. The minimum absolute atomic E-state index is 0. The predicted molar refractivity (Wildman–Crippen MR) is 111 cm³/mol. The van der Waals surface area contributed by atoms with Crippen LogP contribution < -0.4 is 15.4 Å². The summed E-state index contributed by atoms with van der Waals surface area (Å²) in [5, 5.41) is 13.7. The molecule has 0 spiro atoms. The van der Waals surface area contributed by atoms with E-state index < -0.39 is 0 Å². The van der Waals surface area contributed by atoms with Gasteiger partial charge >= 0.3 is 0 Å². The molecule has 2 rings (SSSR count). The van der Waals surface area contributed by atoms with E-state index in [1.54, 1.807) is 7.11 Å². The normalized spacial score (nSPS) is 11.2. The van der Waals surface area contributed by atoms with Gasteiger partial charge in [-0.2, -0.15) is 5.10 Å². The third kappa shape index (κ3) is 6.89. The van der Waals surface area contributed by atoms with E-state index in [0.29, 0.717) is 18.3 Å². The average molecular weight is 458 g/mol. The van der Waals surface area contributed by atoms with Crippen molar-refractivity contribution in [3.05, 3.63) is 30.1 Å². The lowest BCUT2D eigenvalue weighted by Gasteiger charge is -2.12. The number of hydrogen-bond donors (Lipinski definition) is 3. The van der Waals surface area contributed by atoms with Crippen LogP contribution in [0, 0.1) is 5.92 Å². The molecule has 2 aromatic rings. The number of guanidine groups is 1. The molecule has 0 aliphatic rings. The van der Waals surface area contributed by atoms with Gasteiger partial charge in [-0.15, -0.1) is 24.0 Å². The zero-order valence-electron chi connectivity index (χ0n) is 15.2. The van der Waals surface area contributed by atoms with E-state index in [4.69, 9.17) is 4.74 Å². The summed E-state index contributed by atoms with van der Waals surface area (Å²) >= 11 is 0. The molecule has 1 aromatic carbocycles. The Morgan fingerprint density at radius 3 is 2.56 bits per heavy atom. The van der Waals surface area contributed by atoms with Gasteiger partial charge in [-0.25, -0.2) is 9.98 Å². The Balaban J connectivity index is 0.00000312. The second kappa shape index (κ2) is 10.9. The van der Waals surface area contributed by atoms with E-state index in [0.717, 1.165) is 36.2 Å². The first-order valence-electron chi connectivity index (χ1n) is 8.20. The second-order valence-corrected chi connectivity index (χ2v) is 5.80. The predicted octanol–water partition coefficient (Wildman–Crippen LogP) is 2.81. The fourth-order valence-electron chi connectivity index (χ4n) is 2.03. The number of halogens is 1. The first-order valence-corrected chi connectivity index (χ1v) is 8.20. The van der Waals surface area contributed by atoms with E-state index >= 15 is 0 Å². The monoisotopic (exact) mass is 458 g/mol. The molecule has 0 unspecified atom stereocenters. The Morgan fingerprint density at radius 2 is 1.96 bits per heavy atom. The third-order valence-electron chi connectivity index (χ3n) is 3.29. The fraction of sp³-hybridized carbons (Fsp3) is 0.471. The molecule has 0 bridgehead atoms. The van der Waals surface area contributed by atoms with Gasteiger partial charge in [-0.1, -0.05) is 13.8 Å². The molecule has 7 nitrogen and oxygen atoms in total. The van der Waals surface area contributed by atoms with Crippen molar-refractivity contribution in [2.75, 3.05) is 20.2 Å². The van der Waals surface area contributed by atoms with E-state index in [1.807, 2.05) is 31.2 Å². The van der Waals surface area contributed by atoms with Crippen LogP contribution >= 0.6 is 24.0 Å². The molecule has 1 heterocycles. The van der Waals surface area contributed by atoms with Crippen molar-refractivity contribution in [2.45, 2.75) is 27.3 Å². The van der Waals surface area contributed by atoms with Crippen LogP contribution in [0.25, 0.3) is 11.4 Å². The summed E-state index contributed by atoms with van der Waals surface area (Å²) in [5.41, 5.74) is 0.937. The minimum Gasteiger partial charge on any atom is -0.497 e. The number of H-pyrrole nitrogens is 1. The van der Waals surface area contributed by atoms with Gasteiger partial charge in [-0.3, -0.25) is 5.10 Å². The molecular formula is C17H27IN6O. The maximum atomic E-state index is 5.16. The van der Waals surface area contributed by atoms with Gasteiger partial charge in [0.15, 0.2) is 11.8 Å². The number of nitrogens with zero attached hydrogens (tertiary/aromatic N) is 3. The highest BCUT2D eigenvalue weighted by Gasteiger charge is 2.06. The Kier molecular flexibility index (Phi) is 9.25. The van der Waals surface area contributed by atoms with Gasteiger partial charge in [0, 0.05) is 18.7 Å². The molecule has 1 aromatic heterocycles. The highest BCUT2D eigenvalue weighted by Crippen LogP contribution is 2.18. The van der Waals surface area contributed by atoms with Crippen molar-refractivity contribution in [3.63, 3.8) is 0 Å². The van der Waals surface area contributed by atoms with Crippen LogP contribution in [-0.2, 0) is 6.54 Å². The van der Waals surface area contributed by atoms with Crippen molar-refractivity contribution >= 4 is 29.9 Å². The number of methoxy groups -OCH3 is 1. The van der Waals surface area contributed by atoms with Gasteiger partial charge in [0.05, 0.1) is 7.11 Å². The molecule has 0 fully saturated rings. The van der Waals surface area contributed by atoms with Crippen molar-refractivity contribution in [3.8, 4) is 17.1 Å². The van der Waals surface area contributed by atoms with Crippen LogP contribution in [0.5, 0.6) is 5.75 Å². The lowest BCUT2D eigenvalue weighted by Crippen LogP contribution is -2.39. The Bertz CT molecular complexity index is 653. The number of aromatic nitrogens is 3. The summed E-state index contributed by atoms with van der Waals surface area (Å²) in [4.78, 5) is 9.02. The molecular weight excluding hydrogens is 431 g/mol. The summed E-state index contributed by atoms with van der Waals surface area (Å²) in [6.45, 7) is 8.50. The summed E-state index contributed by atoms with van der Waals surface area (Å²) in [6.07, 6.45) is 0. The first-order chi connectivity index (χ1) is 11.6.